The quantitative estimate of drug-likeness (QED) is 0.124. The third-order valence-corrected chi connectivity index (χ3v) is 33.9. The lowest BCUT2D eigenvalue weighted by Gasteiger charge is -2.61. The standard InChI is InChI=1S/C66H54O.C61H46F2/c1-3-12-42(13-4-1)46-27-31-58-60(37-46)66(49-33-40-32-41(35-49)36-50(66)34-40)59-21-11-20-51(65(58)59)44-24-22-43(23-25-44)47-26-29-52-53-30-28-48(39-62(53)67-61(52)38-47)64-56-18-9-7-16-54(56)63(45-14-5-2-6-15-45)55-17-8-10-19-57(55)64;1-36-13-15-42(16-14-36)58-50-9-2-4-11-52(50)59(53-12-5-3-10-51(53)58)43-23-19-40(20-24-43)45-8-6-7-44(32-45)39-17-21-41(22-18-39)55-33-49(63)35-57-60(55)54-26-25-48(62)34-56(54)61(57)46-28-37-27-38(30-46)31-47(61)29-37/h2,5-11,14-31,37-42,49-50H,1,3-4,12-13,32-36H2;2-26,32-35,37-38,46-47H,27-31H2,1H3. The van der Waals surface area contributed by atoms with Gasteiger partial charge in [0.05, 0.1) is 0 Å². The summed E-state index contributed by atoms with van der Waals surface area (Å²) in [5.74, 6) is 6.16. The molecule has 2 spiro atoms. The van der Waals surface area contributed by atoms with E-state index in [1.165, 1.54) is 223 Å². The molecule has 1 heterocycles. The molecule has 8 bridgehead atoms. The van der Waals surface area contributed by atoms with E-state index < -0.39 is 0 Å². The molecule has 9 fully saturated rings. The third kappa shape index (κ3) is 11.8. The minimum atomic E-state index is -0.302. The lowest BCUT2D eigenvalue weighted by atomic mass is 9.43. The van der Waals surface area contributed by atoms with Crippen LogP contribution in [0.1, 0.15) is 136 Å². The first-order valence-corrected chi connectivity index (χ1v) is 48.4. The number of hydrogen-bond acceptors (Lipinski definition) is 1. The van der Waals surface area contributed by atoms with Crippen LogP contribution in [0, 0.1) is 65.9 Å². The highest BCUT2D eigenvalue weighted by molar-refractivity contribution is 6.23. The number of halogens is 2. The Labute approximate surface area is 759 Å². The van der Waals surface area contributed by atoms with Crippen LogP contribution in [-0.4, -0.2) is 0 Å². The van der Waals surface area contributed by atoms with Gasteiger partial charge in [-0.15, -0.1) is 0 Å². The monoisotopic (exact) mass is 1680 g/mol. The van der Waals surface area contributed by atoms with Gasteiger partial charge in [0.1, 0.15) is 22.8 Å². The summed E-state index contributed by atoms with van der Waals surface area (Å²) in [5.41, 5.74) is 36.9. The molecule has 3 heteroatoms. The smallest absolute Gasteiger partial charge is 0.136 e. The Morgan fingerprint density at radius 2 is 0.600 bits per heavy atom. The van der Waals surface area contributed by atoms with Crippen LogP contribution in [0.25, 0.3) is 187 Å². The summed E-state index contributed by atoms with van der Waals surface area (Å²) in [6.45, 7) is 2.14. The van der Waals surface area contributed by atoms with Crippen LogP contribution in [0.15, 0.2) is 356 Å². The topological polar surface area (TPSA) is 13.1 Å². The van der Waals surface area contributed by atoms with E-state index in [2.05, 4.69) is 328 Å². The molecule has 1 nitrogen and oxygen atoms in total. The SMILES string of the molecule is Cc1ccc(-c2c3ccccc3c(-c3ccc(-c4cccc(-c5ccc(-c6cc(F)cc7c6-c6ccc(F)cc6C76C7CC8CC(C7)CC6C8)cc5)c4)cc3)c3ccccc23)cc1.c1ccc(-c2c3ccccc3c(-c3ccc4c(c3)oc3cc(-c5ccc(-c6cccc7c6-c6ccc(C8CCCCC8)cc6C76C7CC8CC(C7)CC6C8)cc5)ccc34)c3ccccc23)cc1. The zero-order chi connectivity index (χ0) is 85.8. The number of furan rings is 1. The second-order valence-electron chi connectivity index (χ2n) is 40.5. The third-order valence-electron chi connectivity index (χ3n) is 33.9. The van der Waals surface area contributed by atoms with Gasteiger partial charge < -0.3 is 4.42 Å². The maximum Gasteiger partial charge on any atom is 0.136 e. The normalized spacial score (nSPS) is 22.3. The van der Waals surface area contributed by atoms with Crippen molar-refractivity contribution in [3.8, 4) is 122 Å². The summed E-state index contributed by atoms with van der Waals surface area (Å²) in [6.07, 6.45) is 20.1. The molecule has 0 unspecified atom stereocenters. The van der Waals surface area contributed by atoms with Gasteiger partial charge in [-0.1, -0.05) is 322 Å². The highest BCUT2D eigenvalue weighted by atomic mass is 19.1. The molecule has 11 aliphatic carbocycles. The van der Waals surface area contributed by atoms with E-state index in [1.807, 2.05) is 12.1 Å². The van der Waals surface area contributed by atoms with Crippen LogP contribution >= 0.6 is 0 Å². The van der Waals surface area contributed by atoms with Crippen molar-refractivity contribution < 1.29 is 13.2 Å². The van der Waals surface area contributed by atoms with Gasteiger partial charge >= 0.3 is 0 Å². The van der Waals surface area contributed by atoms with E-state index in [-0.39, 0.29) is 22.5 Å². The van der Waals surface area contributed by atoms with Crippen LogP contribution in [0.4, 0.5) is 8.78 Å². The Balaban J connectivity index is 0.000000134. The van der Waals surface area contributed by atoms with Gasteiger partial charge in [0, 0.05) is 21.6 Å². The van der Waals surface area contributed by atoms with Crippen molar-refractivity contribution in [1.29, 1.82) is 0 Å². The average Bonchev–Trinajstić information content (AvgIpc) is 1.49. The zero-order valence-electron chi connectivity index (χ0n) is 73.5. The number of aryl methyl sites for hydroxylation is 1. The van der Waals surface area contributed by atoms with Crippen LogP contribution in [0.2, 0.25) is 0 Å². The Morgan fingerprint density at radius 1 is 0.231 bits per heavy atom. The Morgan fingerprint density at radius 3 is 1.11 bits per heavy atom. The summed E-state index contributed by atoms with van der Waals surface area (Å²) >= 11 is 0. The maximum atomic E-state index is 16.0. The zero-order valence-corrected chi connectivity index (χ0v) is 73.5. The first-order valence-electron chi connectivity index (χ1n) is 48.4. The van der Waals surface area contributed by atoms with Crippen molar-refractivity contribution in [1.82, 2.24) is 0 Å². The molecule has 0 N–H and O–H groups in total. The van der Waals surface area contributed by atoms with Crippen LogP contribution < -0.4 is 0 Å². The fourth-order valence-corrected chi connectivity index (χ4v) is 29.0. The summed E-state index contributed by atoms with van der Waals surface area (Å²) in [5, 5.41) is 12.3. The molecule has 30 rings (SSSR count). The highest BCUT2D eigenvalue weighted by Crippen LogP contribution is 2.73. The molecule has 0 amide bonds. The molecule has 19 aromatic rings. The molecule has 18 aromatic carbocycles. The predicted molar refractivity (Wildman–Crippen MR) is 536 cm³/mol. The van der Waals surface area contributed by atoms with Crippen molar-refractivity contribution in [2.75, 3.05) is 0 Å². The van der Waals surface area contributed by atoms with Crippen LogP contribution in [0.5, 0.6) is 0 Å². The summed E-state index contributed by atoms with van der Waals surface area (Å²) in [6, 6.07) is 129. The summed E-state index contributed by atoms with van der Waals surface area (Å²) < 4.78 is 38.1. The molecule has 0 aliphatic heterocycles. The fraction of sp³-hybridized carbons (Fsp3) is 0.213. The number of rotatable bonds is 10. The van der Waals surface area contributed by atoms with Crippen molar-refractivity contribution in [2.24, 2.45) is 47.3 Å². The van der Waals surface area contributed by atoms with Crippen molar-refractivity contribution in [2.45, 2.75) is 120 Å². The van der Waals surface area contributed by atoms with Gasteiger partial charge in [0.2, 0.25) is 0 Å². The van der Waals surface area contributed by atoms with Crippen molar-refractivity contribution in [3.63, 3.8) is 0 Å². The Bertz CT molecular complexity index is 7680. The summed E-state index contributed by atoms with van der Waals surface area (Å²) in [4.78, 5) is 0. The van der Waals surface area contributed by atoms with E-state index in [4.69, 9.17) is 4.42 Å². The Kier molecular flexibility index (Phi) is 17.6. The van der Waals surface area contributed by atoms with E-state index in [1.54, 1.807) is 34.9 Å². The lowest BCUT2D eigenvalue weighted by molar-refractivity contribution is -0.0401. The fourth-order valence-electron chi connectivity index (χ4n) is 29.0. The molecule has 0 atom stereocenters. The average molecular weight is 1680 g/mol. The predicted octanol–water partition coefficient (Wildman–Crippen LogP) is 35.0. The van der Waals surface area contributed by atoms with E-state index in [9.17, 15) is 0 Å². The minimum absolute atomic E-state index is 0.177. The van der Waals surface area contributed by atoms with Gasteiger partial charge in [-0.2, -0.15) is 0 Å². The number of hydrogen-bond donors (Lipinski definition) is 0. The molecule has 130 heavy (non-hydrogen) atoms. The minimum Gasteiger partial charge on any atom is -0.456 e. The molecule has 0 radical (unpaired) electrons. The molecule has 0 saturated heterocycles. The first kappa shape index (κ1) is 76.7. The molecular weight excluding hydrogens is 1580 g/mol. The molecular formula is C127H100F2O. The first-order chi connectivity index (χ1) is 64.1. The van der Waals surface area contributed by atoms with Gasteiger partial charge in [-0.25, -0.2) is 8.78 Å². The van der Waals surface area contributed by atoms with Crippen LogP contribution in [0.3, 0.4) is 0 Å². The molecule has 11 aliphatic rings. The van der Waals surface area contributed by atoms with Gasteiger partial charge in [-0.3, -0.25) is 0 Å². The molecule has 1 aromatic heterocycles. The Hall–Kier alpha value is -13.3. The largest absolute Gasteiger partial charge is 0.456 e. The van der Waals surface area contributed by atoms with Gasteiger partial charge in [0.25, 0.3) is 0 Å². The van der Waals surface area contributed by atoms with E-state index in [0.29, 0.717) is 11.8 Å². The second kappa shape index (κ2) is 29.9. The van der Waals surface area contributed by atoms with Gasteiger partial charge in [-0.05, 0) is 385 Å². The van der Waals surface area contributed by atoms with Crippen molar-refractivity contribution >= 4 is 65.0 Å². The molecule has 9 saturated carbocycles. The maximum absolute atomic E-state index is 16.0. The summed E-state index contributed by atoms with van der Waals surface area (Å²) in [7, 11) is 0. The van der Waals surface area contributed by atoms with E-state index >= 15 is 8.78 Å². The van der Waals surface area contributed by atoms with E-state index in [0.717, 1.165) is 119 Å². The van der Waals surface area contributed by atoms with Gasteiger partial charge in [0.15, 0.2) is 0 Å². The lowest BCUT2D eigenvalue weighted by Crippen LogP contribution is -2.55. The number of fused-ring (bicyclic) bond motifs is 13. The molecule has 628 valence electrons. The second-order valence-corrected chi connectivity index (χ2v) is 40.5. The van der Waals surface area contributed by atoms with Crippen molar-refractivity contribution in [3.05, 3.63) is 397 Å². The van der Waals surface area contributed by atoms with Crippen LogP contribution in [-0.2, 0) is 10.8 Å². The highest BCUT2D eigenvalue weighted by Gasteiger charge is 2.64. The number of benzene rings is 18.